The van der Waals surface area contributed by atoms with E-state index in [1.165, 1.54) is 37.4 Å². The van der Waals surface area contributed by atoms with Gasteiger partial charge in [-0.05, 0) is 73.5 Å². The van der Waals surface area contributed by atoms with E-state index in [4.69, 9.17) is 16.3 Å². The molecule has 7 nitrogen and oxygen atoms in total. The fraction of sp³-hybridized carbons (Fsp3) is 0.167. The second kappa shape index (κ2) is 10.1. The van der Waals surface area contributed by atoms with E-state index in [1.54, 1.807) is 37.3 Å². The summed E-state index contributed by atoms with van der Waals surface area (Å²) in [6.07, 6.45) is 0. The maximum Gasteiger partial charge on any atom is 0.337 e. The third kappa shape index (κ3) is 5.71. The van der Waals surface area contributed by atoms with Gasteiger partial charge in [0, 0.05) is 10.7 Å². The third-order valence-corrected chi connectivity index (χ3v) is 6.95. The summed E-state index contributed by atoms with van der Waals surface area (Å²) in [6, 6.07) is 17.3. The number of amides is 1. The lowest BCUT2D eigenvalue weighted by Crippen LogP contribution is -2.38. The molecule has 3 aromatic rings. The molecule has 0 aliphatic carbocycles. The van der Waals surface area contributed by atoms with Crippen LogP contribution >= 0.6 is 11.6 Å². The highest BCUT2D eigenvalue weighted by Crippen LogP contribution is 2.26. The van der Waals surface area contributed by atoms with E-state index in [0.29, 0.717) is 22.0 Å². The number of hydrogen-bond acceptors (Lipinski definition) is 5. The van der Waals surface area contributed by atoms with Gasteiger partial charge in [-0.1, -0.05) is 29.8 Å². The van der Waals surface area contributed by atoms with Gasteiger partial charge in [0.25, 0.3) is 10.0 Å². The summed E-state index contributed by atoms with van der Waals surface area (Å²) in [5.41, 5.74) is 2.54. The highest BCUT2D eigenvalue weighted by atomic mass is 35.5. The molecular formula is C24H23ClN2O5S. The summed E-state index contributed by atoms with van der Waals surface area (Å²) in [5.74, 6) is -1.11. The number of benzene rings is 3. The number of carbonyl (C=O) groups is 2. The third-order valence-electron chi connectivity index (χ3n) is 4.91. The number of hydrogen-bond donors (Lipinski definition) is 1. The molecule has 0 saturated carbocycles. The molecular weight excluding hydrogens is 464 g/mol. The molecule has 1 amide bonds. The van der Waals surface area contributed by atoms with E-state index in [9.17, 15) is 18.0 Å². The number of nitrogens with zero attached hydrogens (tertiary/aromatic N) is 1. The van der Waals surface area contributed by atoms with Gasteiger partial charge in [0.15, 0.2) is 0 Å². The molecule has 33 heavy (non-hydrogen) atoms. The van der Waals surface area contributed by atoms with Crippen molar-refractivity contribution in [2.45, 2.75) is 18.7 Å². The van der Waals surface area contributed by atoms with Crippen molar-refractivity contribution in [3.63, 3.8) is 0 Å². The predicted molar refractivity (Wildman–Crippen MR) is 128 cm³/mol. The number of ether oxygens (including phenoxy) is 1. The fourth-order valence-electron chi connectivity index (χ4n) is 3.15. The largest absolute Gasteiger partial charge is 0.465 e. The van der Waals surface area contributed by atoms with Crippen LogP contribution in [0.4, 0.5) is 11.4 Å². The Morgan fingerprint density at radius 2 is 1.70 bits per heavy atom. The number of anilines is 2. The van der Waals surface area contributed by atoms with Crippen molar-refractivity contribution in [3.8, 4) is 0 Å². The lowest BCUT2D eigenvalue weighted by Gasteiger charge is -2.24. The van der Waals surface area contributed by atoms with Gasteiger partial charge < -0.3 is 10.1 Å². The van der Waals surface area contributed by atoms with Gasteiger partial charge in [0.2, 0.25) is 5.91 Å². The van der Waals surface area contributed by atoms with Crippen LogP contribution in [-0.2, 0) is 19.6 Å². The van der Waals surface area contributed by atoms with E-state index in [0.717, 1.165) is 9.87 Å². The Labute approximate surface area is 198 Å². The second-order valence-corrected chi connectivity index (χ2v) is 9.67. The van der Waals surface area contributed by atoms with E-state index in [1.807, 2.05) is 13.0 Å². The van der Waals surface area contributed by atoms with Crippen LogP contribution in [0.25, 0.3) is 0 Å². The number of rotatable bonds is 7. The second-order valence-electron chi connectivity index (χ2n) is 7.37. The van der Waals surface area contributed by atoms with Gasteiger partial charge in [0.05, 0.1) is 23.3 Å². The van der Waals surface area contributed by atoms with Crippen LogP contribution in [0.5, 0.6) is 0 Å². The van der Waals surface area contributed by atoms with Gasteiger partial charge in [-0.2, -0.15) is 0 Å². The highest BCUT2D eigenvalue weighted by molar-refractivity contribution is 7.92. The zero-order chi connectivity index (χ0) is 24.2. The molecule has 1 N–H and O–H groups in total. The first-order valence-electron chi connectivity index (χ1n) is 9.95. The molecule has 0 heterocycles. The van der Waals surface area contributed by atoms with Crippen molar-refractivity contribution >= 4 is 44.9 Å². The van der Waals surface area contributed by atoms with Crippen molar-refractivity contribution in [1.82, 2.24) is 0 Å². The summed E-state index contributed by atoms with van der Waals surface area (Å²) < 4.78 is 32.6. The van der Waals surface area contributed by atoms with Crippen molar-refractivity contribution in [2.24, 2.45) is 0 Å². The Balaban J connectivity index is 1.95. The molecule has 172 valence electrons. The number of esters is 1. The molecule has 0 spiro atoms. The maximum atomic E-state index is 13.4. The van der Waals surface area contributed by atoms with E-state index in [-0.39, 0.29) is 10.5 Å². The van der Waals surface area contributed by atoms with Crippen LogP contribution in [0.3, 0.4) is 0 Å². The average molecular weight is 487 g/mol. The molecule has 9 heteroatoms. The molecule has 0 radical (unpaired) electrons. The topological polar surface area (TPSA) is 92.8 Å². The summed E-state index contributed by atoms with van der Waals surface area (Å²) >= 11 is 5.91. The minimum absolute atomic E-state index is 0.00470. The van der Waals surface area contributed by atoms with Crippen LogP contribution in [0.1, 0.15) is 21.5 Å². The Bertz CT molecular complexity index is 1290. The Morgan fingerprint density at radius 1 is 1.00 bits per heavy atom. The Hall–Kier alpha value is -3.36. The summed E-state index contributed by atoms with van der Waals surface area (Å²) in [7, 11) is -2.81. The van der Waals surface area contributed by atoms with Gasteiger partial charge in [-0.3, -0.25) is 9.10 Å². The molecule has 0 aliphatic heterocycles. The molecule has 0 fully saturated rings. The summed E-state index contributed by atoms with van der Waals surface area (Å²) in [6.45, 7) is 3.12. The number of carbonyl (C=O) groups excluding carboxylic acids is 2. The van der Waals surface area contributed by atoms with E-state index < -0.39 is 28.4 Å². The van der Waals surface area contributed by atoms with E-state index in [2.05, 4.69) is 5.32 Å². The number of aryl methyl sites for hydroxylation is 2. The minimum atomic E-state index is -4.07. The van der Waals surface area contributed by atoms with Gasteiger partial charge >= 0.3 is 5.97 Å². The first-order chi connectivity index (χ1) is 15.6. The highest BCUT2D eigenvalue weighted by Gasteiger charge is 2.27. The van der Waals surface area contributed by atoms with E-state index >= 15 is 0 Å². The first-order valence-corrected chi connectivity index (χ1v) is 11.8. The maximum absolute atomic E-state index is 13.4. The molecule has 0 bridgehead atoms. The molecule has 3 aromatic carbocycles. The average Bonchev–Trinajstić information content (AvgIpc) is 2.78. The number of halogens is 1. The SMILES string of the molecule is COC(=O)c1ccc(C)c(NC(=O)CN(c2cccc(C)c2)S(=O)(=O)c2ccc(Cl)cc2)c1. The minimum Gasteiger partial charge on any atom is -0.465 e. The lowest BCUT2D eigenvalue weighted by atomic mass is 10.1. The molecule has 0 aliphatic rings. The zero-order valence-electron chi connectivity index (χ0n) is 18.3. The van der Waals surface area contributed by atoms with Crippen LogP contribution in [-0.4, -0.2) is 33.9 Å². The Kier molecular flexibility index (Phi) is 7.40. The molecule has 0 unspecified atom stereocenters. The normalized spacial score (nSPS) is 11.0. The molecule has 0 atom stereocenters. The summed E-state index contributed by atoms with van der Waals surface area (Å²) in [5, 5.41) is 3.10. The molecule has 3 rings (SSSR count). The quantitative estimate of drug-likeness (QED) is 0.493. The standard InChI is InChI=1S/C24H23ClN2O5S/c1-16-5-4-6-20(13-16)27(33(30,31)21-11-9-19(25)10-12-21)15-23(28)26-22-14-18(24(29)32-3)8-7-17(22)2/h4-14H,15H2,1-3H3,(H,26,28). The van der Waals surface area contributed by atoms with Crippen molar-refractivity contribution < 1.29 is 22.7 Å². The first kappa shape index (κ1) is 24.3. The smallest absolute Gasteiger partial charge is 0.337 e. The van der Waals surface area contributed by atoms with Crippen molar-refractivity contribution in [3.05, 3.63) is 88.4 Å². The number of sulfonamides is 1. The van der Waals surface area contributed by atoms with Crippen molar-refractivity contribution in [2.75, 3.05) is 23.3 Å². The van der Waals surface area contributed by atoms with Gasteiger partial charge in [0.1, 0.15) is 6.54 Å². The predicted octanol–water partition coefficient (Wildman–Crippen LogP) is 4.58. The monoisotopic (exact) mass is 486 g/mol. The van der Waals surface area contributed by atoms with Gasteiger partial charge in [-0.15, -0.1) is 0 Å². The van der Waals surface area contributed by atoms with Crippen LogP contribution in [0.15, 0.2) is 71.6 Å². The lowest BCUT2D eigenvalue weighted by molar-refractivity contribution is -0.114. The van der Waals surface area contributed by atoms with Crippen LogP contribution in [0.2, 0.25) is 5.02 Å². The van der Waals surface area contributed by atoms with Gasteiger partial charge in [-0.25, -0.2) is 13.2 Å². The number of nitrogens with one attached hydrogen (secondary N) is 1. The molecule has 0 saturated heterocycles. The van der Waals surface area contributed by atoms with Crippen molar-refractivity contribution in [1.29, 1.82) is 0 Å². The van der Waals surface area contributed by atoms with Crippen LogP contribution < -0.4 is 9.62 Å². The Morgan fingerprint density at radius 3 is 2.33 bits per heavy atom. The fourth-order valence-corrected chi connectivity index (χ4v) is 4.69. The zero-order valence-corrected chi connectivity index (χ0v) is 19.9. The summed E-state index contributed by atoms with van der Waals surface area (Å²) in [4.78, 5) is 24.8. The number of methoxy groups -OCH3 is 1. The molecule has 0 aromatic heterocycles. The van der Waals surface area contributed by atoms with Crippen LogP contribution in [0, 0.1) is 13.8 Å².